The number of nitrogens with one attached hydrogen (secondary N) is 1. The van der Waals surface area contributed by atoms with E-state index >= 15 is 0 Å². The molecule has 1 aromatic heterocycles. The van der Waals surface area contributed by atoms with Crippen LogP contribution in [0.1, 0.15) is 64.1 Å². The Morgan fingerprint density at radius 1 is 1.25 bits per heavy atom. The molecule has 0 radical (unpaired) electrons. The number of rotatable bonds is 3. The second-order valence-corrected chi connectivity index (χ2v) is 7.56. The summed E-state index contributed by atoms with van der Waals surface area (Å²) in [7, 11) is 2.00. The molecule has 1 N–H and O–H groups in total. The fraction of sp³-hybridized carbons (Fsp3) is 0.824. The lowest BCUT2D eigenvalue weighted by molar-refractivity contribution is 0.213. The van der Waals surface area contributed by atoms with Crippen molar-refractivity contribution in [1.82, 2.24) is 15.1 Å². The van der Waals surface area contributed by atoms with Crippen LogP contribution in [-0.4, -0.2) is 15.8 Å². The first kappa shape index (κ1) is 15.6. The Morgan fingerprint density at radius 2 is 2.00 bits per heavy atom. The summed E-state index contributed by atoms with van der Waals surface area (Å²) in [4.78, 5) is 0. The zero-order chi connectivity index (χ0) is 14.8. The molecule has 1 heterocycles. The van der Waals surface area contributed by atoms with Crippen LogP contribution in [0.3, 0.4) is 0 Å². The molecule has 1 saturated carbocycles. The number of nitrogens with zero attached hydrogens (tertiary/aromatic N) is 2. The van der Waals surface area contributed by atoms with Crippen LogP contribution in [0.2, 0.25) is 0 Å². The molecular weight excluding hydrogens is 246 g/mol. The molecule has 0 aromatic carbocycles. The van der Waals surface area contributed by atoms with E-state index in [1.807, 2.05) is 11.7 Å². The van der Waals surface area contributed by atoms with E-state index in [2.05, 4.69) is 44.3 Å². The van der Waals surface area contributed by atoms with Crippen LogP contribution in [0.25, 0.3) is 0 Å². The minimum atomic E-state index is 0.467. The van der Waals surface area contributed by atoms with Crippen molar-refractivity contribution in [1.29, 1.82) is 0 Å². The Morgan fingerprint density at radius 3 is 2.60 bits per heavy atom. The van der Waals surface area contributed by atoms with E-state index in [0.29, 0.717) is 11.5 Å². The number of hydrogen-bond acceptors (Lipinski definition) is 2. The van der Waals surface area contributed by atoms with E-state index in [0.717, 1.165) is 18.2 Å². The van der Waals surface area contributed by atoms with Gasteiger partial charge >= 0.3 is 0 Å². The Bertz CT molecular complexity index is 428. The Hall–Kier alpha value is -0.830. The molecule has 1 aliphatic rings. The largest absolute Gasteiger partial charge is 0.310 e. The highest BCUT2D eigenvalue weighted by Crippen LogP contribution is 2.36. The lowest BCUT2D eigenvalue weighted by Gasteiger charge is -2.29. The van der Waals surface area contributed by atoms with Gasteiger partial charge in [0.15, 0.2) is 0 Å². The van der Waals surface area contributed by atoms with Crippen LogP contribution in [0, 0.1) is 18.3 Å². The zero-order valence-electron chi connectivity index (χ0n) is 13.9. The van der Waals surface area contributed by atoms with Crippen LogP contribution in [-0.2, 0) is 13.6 Å². The highest BCUT2D eigenvalue weighted by Gasteiger charge is 2.27. The second kappa shape index (κ2) is 6.30. The molecular formula is C17H31N3. The second-order valence-electron chi connectivity index (χ2n) is 7.56. The van der Waals surface area contributed by atoms with Gasteiger partial charge in [-0.1, -0.05) is 27.2 Å². The van der Waals surface area contributed by atoms with Crippen molar-refractivity contribution in [2.45, 2.75) is 72.4 Å². The Balaban J connectivity index is 1.84. The van der Waals surface area contributed by atoms with Crippen LogP contribution in [0.4, 0.5) is 0 Å². The molecule has 114 valence electrons. The minimum absolute atomic E-state index is 0.467. The molecule has 0 saturated heterocycles. The van der Waals surface area contributed by atoms with Gasteiger partial charge in [0.1, 0.15) is 0 Å². The molecule has 3 heteroatoms. The van der Waals surface area contributed by atoms with Gasteiger partial charge in [0.25, 0.3) is 0 Å². The van der Waals surface area contributed by atoms with Gasteiger partial charge in [0, 0.05) is 31.4 Å². The highest BCUT2D eigenvalue weighted by atomic mass is 15.2. The standard InChI is InChI=1S/C17H31N3/c1-13-14(12-20(5)19-13)11-18-16-8-6-7-15(9-10-16)17(2,3)4/h12,15-16,18H,6-11H2,1-5H3. The monoisotopic (exact) mass is 277 g/mol. The summed E-state index contributed by atoms with van der Waals surface area (Å²) in [5.74, 6) is 0.884. The van der Waals surface area contributed by atoms with E-state index in [1.54, 1.807) is 0 Å². The fourth-order valence-electron chi connectivity index (χ4n) is 3.45. The summed E-state index contributed by atoms with van der Waals surface area (Å²) >= 11 is 0. The molecule has 3 nitrogen and oxygen atoms in total. The molecule has 1 aromatic rings. The van der Waals surface area contributed by atoms with Crippen molar-refractivity contribution in [2.75, 3.05) is 0 Å². The molecule has 0 aliphatic heterocycles. The topological polar surface area (TPSA) is 29.9 Å². The summed E-state index contributed by atoms with van der Waals surface area (Å²) in [5, 5.41) is 8.17. The average Bonchev–Trinajstić information content (AvgIpc) is 2.55. The maximum Gasteiger partial charge on any atom is 0.0638 e. The van der Waals surface area contributed by atoms with Gasteiger partial charge in [-0.25, -0.2) is 0 Å². The summed E-state index contributed by atoms with van der Waals surface area (Å²) in [6, 6.07) is 0.682. The quantitative estimate of drug-likeness (QED) is 0.851. The number of aryl methyl sites for hydroxylation is 2. The van der Waals surface area contributed by atoms with Crippen LogP contribution in [0.15, 0.2) is 6.20 Å². The maximum absolute atomic E-state index is 4.41. The highest BCUT2D eigenvalue weighted by molar-refractivity contribution is 5.14. The number of aromatic nitrogens is 2. The minimum Gasteiger partial charge on any atom is -0.310 e. The predicted molar refractivity (Wildman–Crippen MR) is 84.6 cm³/mol. The first-order valence-electron chi connectivity index (χ1n) is 8.09. The van der Waals surface area contributed by atoms with Gasteiger partial charge in [-0.15, -0.1) is 0 Å². The smallest absolute Gasteiger partial charge is 0.0638 e. The van der Waals surface area contributed by atoms with Gasteiger partial charge in [0.2, 0.25) is 0 Å². The fourth-order valence-corrected chi connectivity index (χ4v) is 3.45. The molecule has 2 unspecified atom stereocenters. The predicted octanol–water partition coefficient (Wildman–Crippen LogP) is 3.81. The molecule has 0 bridgehead atoms. The molecule has 0 spiro atoms. The van der Waals surface area contributed by atoms with Crippen LogP contribution in [0.5, 0.6) is 0 Å². The first-order valence-corrected chi connectivity index (χ1v) is 8.09. The summed E-state index contributed by atoms with van der Waals surface area (Å²) < 4.78 is 1.91. The Labute approximate surface area is 124 Å². The third-order valence-electron chi connectivity index (χ3n) is 4.89. The normalized spacial score (nSPS) is 24.6. The zero-order valence-corrected chi connectivity index (χ0v) is 13.9. The third kappa shape index (κ3) is 4.08. The van der Waals surface area contributed by atoms with Gasteiger partial charge < -0.3 is 5.32 Å². The number of hydrogen-bond donors (Lipinski definition) is 1. The first-order chi connectivity index (χ1) is 9.36. The third-order valence-corrected chi connectivity index (χ3v) is 4.89. The van der Waals surface area contributed by atoms with Gasteiger partial charge in [-0.3, -0.25) is 4.68 Å². The van der Waals surface area contributed by atoms with Crippen molar-refractivity contribution in [3.63, 3.8) is 0 Å². The van der Waals surface area contributed by atoms with E-state index in [1.165, 1.54) is 37.7 Å². The summed E-state index contributed by atoms with van der Waals surface area (Å²) in [5.41, 5.74) is 2.96. The van der Waals surface area contributed by atoms with Gasteiger partial charge in [-0.05, 0) is 43.9 Å². The van der Waals surface area contributed by atoms with Crippen molar-refractivity contribution in [2.24, 2.45) is 18.4 Å². The molecule has 2 rings (SSSR count). The SMILES string of the molecule is Cc1nn(C)cc1CNC1CCCC(C(C)(C)C)CC1. The van der Waals surface area contributed by atoms with E-state index in [9.17, 15) is 0 Å². The van der Waals surface area contributed by atoms with E-state index in [4.69, 9.17) is 0 Å². The van der Waals surface area contributed by atoms with Crippen LogP contribution >= 0.6 is 0 Å². The summed E-state index contributed by atoms with van der Waals surface area (Å²) in [6.45, 7) is 10.2. The molecule has 2 atom stereocenters. The lowest BCUT2D eigenvalue weighted by Crippen LogP contribution is -2.28. The Kier molecular flexibility index (Phi) is 4.90. The molecule has 20 heavy (non-hydrogen) atoms. The molecule has 1 fully saturated rings. The van der Waals surface area contributed by atoms with Gasteiger partial charge in [-0.2, -0.15) is 5.10 Å². The maximum atomic E-state index is 4.41. The van der Waals surface area contributed by atoms with Crippen molar-refractivity contribution < 1.29 is 0 Å². The van der Waals surface area contributed by atoms with Gasteiger partial charge in [0.05, 0.1) is 5.69 Å². The van der Waals surface area contributed by atoms with E-state index < -0.39 is 0 Å². The van der Waals surface area contributed by atoms with Crippen LogP contribution < -0.4 is 5.32 Å². The molecule has 0 amide bonds. The molecule has 1 aliphatic carbocycles. The van der Waals surface area contributed by atoms with Crippen molar-refractivity contribution >= 4 is 0 Å². The van der Waals surface area contributed by atoms with Crippen molar-refractivity contribution in [3.05, 3.63) is 17.5 Å². The average molecular weight is 277 g/mol. The van der Waals surface area contributed by atoms with E-state index in [-0.39, 0.29) is 0 Å². The summed E-state index contributed by atoms with van der Waals surface area (Å²) in [6.07, 6.45) is 8.91. The van der Waals surface area contributed by atoms with Crippen molar-refractivity contribution in [3.8, 4) is 0 Å². The lowest BCUT2D eigenvalue weighted by atomic mass is 9.76.